The predicted octanol–water partition coefficient (Wildman–Crippen LogP) is 4.58. The number of rotatable bonds is 5. The summed E-state index contributed by atoms with van der Waals surface area (Å²) in [6.45, 7) is 1.78. The van der Waals surface area contributed by atoms with E-state index < -0.39 is 0 Å². The van der Waals surface area contributed by atoms with Gasteiger partial charge in [0.05, 0.1) is 0 Å². The van der Waals surface area contributed by atoms with Gasteiger partial charge in [-0.1, -0.05) is 48.9 Å². The number of anilines is 1. The molecule has 1 amide bonds. The smallest absolute Gasteiger partial charge is 0.224 e. The fourth-order valence-electron chi connectivity index (χ4n) is 1.84. The molecule has 4 heteroatoms. The third kappa shape index (κ3) is 4.57. The molecule has 0 fully saturated rings. The van der Waals surface area contributed by atoms with E-state index in [0.29, 0.717) is 22.7 Å². The largest absolute Gasteiger partial charge is 0.326 e. The molecule has 0 bridgehead atoms. The average molecular weight is 314 g/mol. The SMILES string of the molecule is CCC(=O)Nc1cccc(C(=O)/C=C/c2ccc(Cl)cc2)c1. The third-order valence-electron chi connectivity index (χ3n) is 3.05. The number of hydrogen-bond acceptors (Lipinski definition) is 2. The standard InChI is InChI=1S/C18H16ClNO2/c1-2-18(22)20-16-5-3-4-14(12-16)17(21)11-8-13-6-9-15(19)10-7-13/h3-12H,2H2,1H3,(H,20,22)/b11-8+. The highest BCUT2D eigenvalue weighted by Gasteiger charge is 2.04. The van der Waals surface area contributed by atoms with Gasteiger partial charge < -0.3 is 5.32 Å². The highest BCUT2D eigenvalue weighted by molar-refractivity contribution is 6.30. The molecule has 0 heterocycles. The molecule has 2 aromatic carbocycles. The number of carbonyl (C=O) groups is 2. The molecule has 22 heavy (non-hydrogen) atoms. The van der Waals surface area contributed by atoms with Gasteiger partial charge in [0.1, 0.15) is 0 Å². The lowest BCUT2D eigenvalue weighted by atomic mass is 10.1. The number of carbonyl (C=O) groups excluding carboxylic acids is 2. The molecule has 2 rings (SSSR count). The van der Waals surface area contributed by atoms with Crippen molar-refractivity contribution >= 4 is 35.1 Å². The number of amides is 1. The molecule has 0 aliphatic carbocycles. The maximum Gasteiger partial charge on any atom is 0.224 e. The van der Waals surface area contributed by atoms with E-state index in [1.54, 1.807) is 49.4 Å². The van der Waals surface area contributed by atoms with E-state index in [0.717, 1.165) is 5.56 Å². The first-order valence-corrected chi connectivity index (χ1v) is 7.34. The predicted molar refractivity (Wildman–Crippen MR) is 90.2 cm³/mol. The molecule has 1 N–H and O–H groups in total. The first-order valence-electron chi connectivity index (χ1n) is 6.96. The second kappa shape index (κ2) is 7.57. The minimum Gasteiger partial charge on any atom is -0.326 e. The van der Waals surface area contributed by atoms with Crippen molar-refractivity contribution in [3.05, 3.63) is 70.8 Å². The van der Waals surface area contributed by atoms with Crippen LogP contribution in [0.3, 0.4) is 0 Å². The van der Waals surface area contributed by atoms with E-state index in [-0.39, 0.29) is 11.7 Å². The monoisotopic (exact) mass is 313 g/mol. The van der Waals surface area contributed by atoms with Crippen molar-refractivity contribution in [1.29, 1.82) is 0 Å². The van der Waals surface area contributed by atoms with Crippen molar-refractivity contribution in [3.8, 4) is 0 Å². The molecule has 0 saturated heterocycles. The number of nitrogens with one attached hydrogen (secondary N) is 1. The van der Waals surface area contributed by atoms with Gasteiger partial charge >= 0.3 is 0 Å². The average Bonchev–Trinajstić information content (AvgIpc) is 2.54. The summed E-state index contributed by atoms with van der Waals surface area (Å²) < 4.78 is 0. The Morgan fingerprint density at radius 3 is 2.55 bits per heavy atom. The van der Waals surface area contributed by atoms with Gasteiger partial charge in [0.2, 0.25) is 5.91 Å². The summed E-state index contributed by atoms with van der Waals surface area (Å²) in [5, 5.41) is 3.39. The maximum atomic E-state index is 12.2. The van der Waals surface area contributed by atoms with Crippen molar-refractivity contribution in [2.24, 2.45) is 0 Å². The Balaban J connectivity index is 2.10. The van der Waals surface area contributed by atoms with Crippen molar-refractivity contribution < 1.29 is 9.59 Å². The zero-order valence-electron chi connectivity index (χ0n) is 12.2. The van der Waals surface area contributed by atoms with Gasteiger partial charge in [-0.2, -0.15) is 0 Å². The lowest BCUT2D eigenvalue weighted by Crippen LogP contribution is -2.09. The van der Waals surface area contributed by atoms with Crippen LogP contribution in [0.1, 0.15) is 29.3 Å². The zero-order chi connectivity index (χ0) is 15.9. The lowest BCUT2D eigenvalue weighted by Gasteiger charge is -2.04. The fourth-order valence-corrected chi connectivity index (χ4v) is 1.97. The second-order valence-electron chi connectivity index (χ2n) is 4.73. The molecule has 0 unspecified atom stereocenters. The van der Waals surface area contributed by atoms with Crippen molar-refractivity contribution in [1.82, 2.24) is 0 Å². The molecule has 0 aliphatic rings. The molecule has 2 aromatic rings. The van der Waals surface area contributed by atoms with Crippen LogP contribution >= 0.6 is 11.6 Å². The molecular formula is C18H16ClNO2. The Morgan fingerprint density at radius 2 is 1.86 bits per heavy atom. The van der Waals surface area contributed by atoms with Gasteiger partial charge in [-0.3, -0.25) is 9.59 Å². The van der Waals surface area contributed by atoms with Gasteiger partial charge in [0.25, 0.3) is 0 Å². The van der Waals surface area contributed by atoms with Crippen molar-refractivity contribution in [2.45, 2.75) is 13.3 Å². The third-order valence-corrected chi connectivity index (χ3v) is 3.30. The Hall–Kier alpha value is -2.39. The van der Waals surface area contributed by atoms with Crippen LogP contribution in [-0.4, -0.2) is 11.7 Å². The van der Waals surface area contributed by atoms with Crippen LogP contribution in [0, 0.1) is 0 Å². The summed E-state index contributed by atoms with van der Waals surface area (Å²) >= 11 is 5.82. The van der Waals surface area contributed by atoms with E-state index >= 15 is 0 Å². The van der Waals surface area contributed by atoms with Gasteiger partial charge in [-0.25, -0.2) is 0 Å². The van der Waals surface area contributed by atoms with E-state index in [1.807, 2.05) is 12.1 Å². The number of benzene rings is 2. The van der Waals surface area contributed by atoms with Crippen LogP contribution in [0.4, 0.5) is 5.69 Å². The quantitative estimate of drug-likeness (QED) is 0.648. The molecule has 0 spiro atoms. The van der Waals surface area contributed by atoms with Crippen molar-refractivity contribution in [2.75, 3.05) is 5.32 Å². The molecule has 0 aliphatic heterocycles. The van der Waals surface area contributed by atoms with Gasteiger partial charge in [-0.15, -0.1) is 0 Å². The highest BCUT2D eigenvalue weighted by Crippen LogP contribution is 2.14. The minimum absolute atomic E-state index is 0.0821. The first-order chi connectivity index (χ1) is 10.6. The van der Waals surface area contributed by atoms with E-state index in [9.17, 15) is 9.59 Å². The van der Waals surface area contributed by atoms with E-state index in [2.05, 4.69) is 5.32 Å². The number of allylic oxidation sites excluding steroid dienone is 1. The number of ketones is 1. The normalized spacial score (nSPS) is 10.6. The van der Waals surface area contributed by atoms with E-state index in [1.165, 1.54) is 6.08 Å². The van der Waals surface area contributed by atoms with Crippen molar-refractivity contribution in [3.63, 3.8) is 0 Å². The van der Waals surface area contributed by atoms with Crippen LogP contribution in [0.5, 0.6) is 0 Å². The molecular weight excluding hydrogens is 298 g/mol. The Morgan fingerprint density at radius 1 is 1.14 bits per heavy atom. The zero-order valence-corrected chi connectivity index (χ0v) is 12.9. The van der Waals surface area contributed by atoms with Crippen LogP contribution in [0.15, 0.2) is 54.6 Å². The molecule has 112 valence electrons. The summed E-state index contributed by atoms with van der Waals surface area (Å²) in [6.07, 6.45) is 3.63. The maximum absolute atomic E-state index is 12.2. The molecule has 0 saturated carbocycles. The fraction of sp³-hybridized carbons (Fsp3) is 0.111. The second-order valence-corrected chi connectivity index (χ2v) is 5.17. The highest BCUT2D eigenvalue weighted by atomic mass is 35.5. The molecule has 0 radical (unpaired) electrons. The van der Waals surface area contributed by atoms with Crippen LogP contribution < -0.4 is 5.32 Å². The number of halogens is 1. The number of hydrogen-bond donors (Lipinski definition) is 1. The van der Waals surface area contributed by atoms with Crippen LogP contribution in [-0.2, 0) is 4.79 Å². The Labute approximate surface area is 134 Å². The summed E-state index contributed by atoms with van der Waals surface area (Å²) in [5.74, 6) is -0.205. The Kier molecular flexibility index (Phi) is 5.50. The summed E-state index contributed by atoms with van der Waals surface area (Å²) in [6, 6.07) is 14.1. The summed E-state index contributed by atoms with van der Waals surface area (Å²) in [5.41, 5.74) is 2.05. The molecule has 3 nitrogen and oxygen atoms in total. The first kappa shape index (κ1) is 16.0. The van der Waals surface area contributed by atoms with E-state index in [4.69, 9.17) is 11.6 Å². The summed E-state index contributed by atoms with van der Waals surface area (Å²) in [7, 11) is 0. The Bertz CT molecular complexity index is 705. The molecule has 0 aromatic heterocycles. The van der Waals surface area contributed by atoms with Gasteiger partial charge in [-0.05, 0) is 35.9 Å². The van der Waals surface area contributed by atoms with Crippen LogP contribution in [0.2, 0.25) is 5.02 Å². The van der Waals surface area contributed by atoms with Gasteiger partial charge in [0, 0.05) is 22.7 Å². The summed E-state index contributed by atoms with van der Waals surface area (Å²) in [4.78, 5) is 23.5. The van der Waals surface area contributed by atoms with Crippen LogP contribution in [0.25, 0.3) is 6.08 Å². The topological polar surface area (TPSA) is 46.2 Å². The minimum atomic E-state index is -0.123. The molecule has 0 atom stereocenters. The lowest BCUT2D eigenvalue weighted by molar-refractivity contribution is -0.115. The van der Waals surface area contributed by atoms with Gasteiger partial charge in [0.15, 0.2) is 5.78 Å².